The first-order valence-electron chi connectivity index (χ1n) is 6.67. The van der Waals surface area contributed by atoms with Crippen LogP contribution in [0.2, 0.25) is 0 Å². The van der Waals surface area contributed by atoms with Crippen molar-refractivity contribution in [2.75, 3.05) is 18.1 Å². The van der Waals surface area contributed by atoms with E-state index < -0.39 is 9.84 Å². The quantitative estimate of drug-likeness (QED) is 0.904. The Hall–Kier alpha value is -0.910. The van der Waals surface area contributed by atoms with E-state index in [1.165, 1.54) is 0 Å². The van der Waals surface area contributed by atoms with Crippen LogP contribution in [0.1, 0.15) is 25.5 Å². The Balaban J connectivity index is 2.26. The molecule has 0 radical (unpaired) electrons. The van der Waals surface area contributed by atoms with E-state index in [0.29, 0.717) is 6.54 Å². The monoisotopic (exact) mass is 282 g/mol. The fourth-order valence-electron chi connectivity index (χ4n) is 2.87. The second kappa shape index (κ2) is 5.61. The van der Waals surface area contributed by atoms with Gasteiger partial charge in [-0.3, -0.25) is 4.90 Å². The van der Waals surface area contributed by atoms with Crippen molar-refractivity contribution < 1.29 is 8.42 Å². The van der Waals surface area contributed by atoms with Crippen LogP contribution in [-0.4, -0.2) is 43.5 Å². The smallest absolute Gasteiger partial charge is 0.153 e. The van der Waals surface area contributed by atoms with Crippen LogP contribution in [0.15, 0.2) is 30.3 Å². The number of hydrogen-bond donors (Lipinski definition) is 1. The Morgan fingerprint density at radius 1 is 1.32 bits per heavy atom. The lowest BCUT2D eigenvalue weighted by atomic mass is 9.98. The van der Waals surface area contributed by atoms with Crippen LogP contribution in [0, 0.1) is 0 Å². The zero-order valence-electron chi connectivity index (χ0n) is 11.5. The molecule has 1 aliphatic rings. The number of sulfone groups is 1. The largest absolute Gasteiger partial charge is 0.326 e. The fourth-order valence-corrected chi connectivity index (χ4v) is 4.45. The van der Waals surface area contributed by atoms with E-state index in [9.17, 15) is 8.42 Å². The van der Waals surface area contributed by atoms with Gasteiger partial charge < -0.3 is 5.73 Å². The molecule has 0 aliphatic carbocycles. The summed E-state index contributed by atoms with van der Waals surface area (Å²) in [5.41, 5.74) is 7.29. The Morgan fingerprint density at radius 2 is 1.95 bits per heavy atom. The van der Waals surface area contributed by atoms with Gasteiger partial charge in [-0.15, -0.1) is 0 Å². The summed E-state index contributed by atoms with van der Waals surface area (Å²) >= 11 is 0. The summed E-state index contributed by atoms with van der Waals surface area (Å²) < 4.78 is 23.4. The van der Waals surface area contributed by atoms with Gasteiger partial charge in [-0.2, -0.15) is 0 Å². The van der Waals surface area contributed by atoms with E-state index in [2.05, 4.69) is 17.0 Å². The third kappa shape index (κ3) is 3.35. The molecule has 1 heterocycles. The van der Waals surface area contributed by atoms with Crippen LogP contribution in [0.5, 0.6) is 0 Å². The second-order valence-corrected chi connectivity index (χ2v) is 7.64. The maximum atomic E-state index is 11.7. The van der Waals surface area contributed by atoms with Crippen molar-refractivity contribution in [1.82, 2.24) is 4.90 Å². The van der Waals surface area contributed by atoms with Gasteiger partial charge in [-0.05, 0) is 19.4 Å². The van der Waals surface area contributed by atoms with E-state index in [4.69, 9.17) is 5.73 Å². The van der Waals surface area contributed by atoms with Crippen molar-refractivity contribution >= 4 is 9.84 Å². The molecule has 1 aromatic carbocycles. The molecule has 1 aromatic rings. The standard InChI is InChI=1S/C14H22N2O2S/c1-11-10-19(17,18)9-8-16(11)14(12(2)15)13-6-4-3-5-7-13/h3-7,11-12,14H,8-10,15H2,1-2H3. The SMILES string of the molecule is CC(N)C(c1ccccc1)N1CCS(=O)(=O)CC1C. The molecular weight excluding hydrogens is 260 g/mol. The van der Waals surface area contributed by atoms with Crippen LogP contribution in [-0.2, 0) is 9.84 Å². The second-order valence-electron chi connectivity index (χ2n) is 5.42. The average Bonchev–Trinajstić information content (AvgIpc) is 2.33. The Bertz CT molecular complexity index is 514. The van der Waals surface area contributed by atoms with Gasteiger partial charge in [0.05, 0.1) is 11.5 Å². The molecule has 1 aliphatic heterocycles. The predicted molar refractivity (Wildman–Crippen MR) is 77.7 cm³/mol. The Morgan fingerprint density at radius 3 is 2.47 bits per heavy atom. The first-order chi connectivity index (χ1) is 8.91. The highest BCUT2D eigenvalue weighted by Gasteiger charge is 2.34. The Kier molecular flexibility index (Phi) is 4.28. The van der Waals surface area contributed by atoms with Gasteiger partial charge >= 0.3 is 0 Å². The molecule has 0 amide bonds. The minimum Gasteiger partial charge on any atom is -0.326 e. The van der Waals surface area contributed by atoms with Crippen molar-refractivity contribution in [3.63, 3.8) is 0 Å². The molecule has 3 unspecified atom stereocenters. The normalized spacial score (nSPS) is 26.8. The molecule has 5 heteroatoms. The topological polar surface area (TPSA) is 63.4 Å². The summed E-state index contributed by atoms with van der Waals surface area (Å²) in [6, 6.07) is 10.1. The van der Waals surface area contributed by atoms with Crippen molar-refractivity contribution in [2.24, 2.45) is 5.73 Å². The zero-order valence-corrected chi connectivity index (χ0v) is 12.3. The van der Waals surface area contributed by atoms with Crippen LogP contribution in [0.25, 0.3) is 0 Å². The molecule has 0 bridgehead atoms. The molecule has 2 N–H and O–H groups in total. The summed E-state index contributed by atoms with van der Waals surface area (Å²) in [4.78, 5) is 2.22. The zero-order chi connectivity index (χ0) is 14.0. The molecular formula is C14H22N2O2S. The lowest BCUT2D eigenvalue weighted by Crippen LogP contribution is -2.52. The maximum Gasteiger partial charge on any atom is 0.153 e. The van der Waals surface area contributed by atoms with E-state index in [-0.39, 0.29) is 29.6 Å². The first kappa shape index (κ1) is 14.5. The first-order valence-corrected chi connectivity index (χ1v) is 8.49. The fraction of sp³-hybridized carbons (Fsp3) is 0.571. The predicted octanol–water partition coefficient (Wildman–Crippen LogP) is 1.19. The third-order valence-electron chi connectivity index (χ3n) is 3.72. The minimum atomic E-state index is -2.89. The van der Waals surface area contributed by atoms with Gasteiger partial charge in [0.2, 0.25) is 0 Å². The molecule has 3 atom stereocenters. The summed E-state index contributed by atoms with van der Waals surface area (Å²) in [7, 11) is -2.89. The average molecular weight is 282 g/mol. The van der Waals surface area contributed by atoms with Crippen LogP contribution >= 0.6 is 0 Å². The van der Waals surface area contributed by atoms with Gasteiger partial charge in [-0.1, -0.05) is 30.3 Å². The van der Waals surface area contributed by atoms with Crippen molar-refractivity contribution in [3.8, 4) is 0 Å². The summed E-state index contributed by atoms with van der Waals surface area (Å²) in [6.45, 7) is 4.51. The van der Waals surface area contributed by atoms with Gasteiger partial charge in [0.1, 0.15) is 0 Å². The summed E-state index contributed by atoms with van der Waals surface area (Å²) in [5, 5.41) is 0. The number of nitrogens with zero attached hydrogens (tertiary/aromatic N) is 1. The molecule has 0 saturated carbocycles. The van der Waals surface area contributed by atoms with E-state index in [1.54, 1.807) is 0 Å². The highest BCUT2D eigenvalue weighted by atomic mass is 32.2. The van der Waals surface area contributed by atoms with Crippen LogP contribution < -0.4 is 5.73 Å². The molecule has 106 valence electrons. The van der Waals surface area contributed by atoms with Gasteiger partial charge in [-0.25, -0.2) is 8.42 Å². The summed E-state index contributed by atoms with van der Waals surface area (Å²) in [6.07, 6.45) is 0. The maximum absolute atomic E-state index is 11.7. The Labute approximate surface area is 115 Å². The van der Waals surface area contributed by atoms with Gasteiger partial charge in [0.25, 0.3) is 0 Å². The van der Waals surface area contributed by atoms with Crippen LogP contribution in [0.3, 0.4) is 0 Å². The van der Waals surface area contributed by atoms with E-state index in [1.807, 2.05) is 32.0 Å². The van der Waals surface area contributed by atoms with Crippen molar-refractivity contribution in [2.45, 2.75) is 32.0 Å². The molecule has 4 nitrogen and oxygen atoms in total. The lowest BCUT2D eigenvalue weighted by molar-refractivity contribution is 0.140. The molecule has 2 rings (SSSR count). The van der Waals surface area contributed by atoms with E-state index >= 15 is 0 Å². The molecule has 0 spiro atoms. The van der Waals surface area contributed by atoms with E-state index in [0.717, 1.165) is 5.56 Å². The minimum absolute atomic E-state index is 0.00922. The van der Waals surface area contributed by atoms with Gasteiger partial charge in [0.15, 0.2) is 9.84 Å². The molecule has 1 saturated heterocycles. The highest BCUT2D eigenvalue weighted by molar-refractivity contribution is 7.91. The highest BCUT2D eigenvalue weighted by Crippen LogP contribution is 2.28. The molecule has 1 fully saturated rings. The third-order valence-corrected chi connectivity index (χ3v) is 5.51. The number of hydrogen-bond acceptors (Lipinski definition) is 4. The van der Waals surface area contributed by atoms with Crippen molar-refractivity contribution in [3.05, 3.63) is 35.9 Å². The molecule has 0 aromatic heterocycles. The lowest BCUT2D eigenvalue weighted by Gasteiger charge is -2.41. The van der Waals surface area contributed by atoms with Gasteiger partial charge in [0, 0.05) is 24.7 Å². The number of nitrogens with two attached hydrogens (primary N) is 1. The molecule has 19 heavy (non-hydrogen) atoms. The number of benzene rings is 1. The van der Waals surface area contributed by atoms with Crippen LogP contribution in [0.4, 0.5) is 0 Å². The van der Waals surface area contributed by atoms with Crippen molar-refractivity contribution in [1.29, 1.82) is 0 Å². The number of rotatable bonds is 3. The summed E-state index contributed by atoms with van der Waals surface area (Å²) in [5.74, 6) is 0.455.